The van der Waals surface area contributed by atoms with E-state index >= 15 is 0 Å². The van der Waals surface area contributed by atoms with E-state index in [-0.39, 0.29) is 30.7 Å². The van der Waals surface area contributed by atoms with Gasteiger partial charge in [-0.15, -0.1) is 0 Å². The third-order valence-corrected chi connectivity index (χ3v) is 8.84. The van der Waals surface area contributed by atoms with Crippen molar-refractivity contribution < 1.29 is 33.4 Å². The number of ketones is 1. The summed E-state index contributed by atoms with van der Waals surface area (Å²) >= 11 is 0. The summed E-state index contributed by atoms with van der Waals surface area (Å²) in [5.74, 6) is -2.70. The Balaban J connectivity index is 1.31. The number of carbonyl (C=O) groups is 4. The van der Waals surface area contributed by atoms with E-state index in [0.29, 0.717) is 17.1 Å². The monoisotopic (exact) mass is 684 g/mol. The molecule has 0 bridgehead atoms. The molecular formula is C36H40N6O8. The number of ether oxygens (including phenoxy) is 3. The van der Waals surface area contributed by atoms with Gasteiger partial charge in [0.1, 0.15) is 17.7 Å². The van der Waals surface area contributed by atoms with E-state index in [9.17, 15) is 24.0 Å². The van der Waals surface area contributed by atoms with Crippen LogP contribution >= 0.6 is 0 Å². The van der Waals surface area contributed by atoms with Crippen molar-refractivity contribution in [3.05, 3.63) is 76.1 Å². The van der Waals surface area contributed by atoms with Gasteiger partial charge in [0.2, 0.25) is 17.3 Å². The highest BCUT2D eigenvalue weighted by Gasteiger charge is 2.51. The van der Waals surface area contributed by atoms with Gasteiger partial charge in [-0.1, -0.05) is 39.0 Å². The number of nitrogens with zero attached hydrogens (tertiary/aromatic N) is 3. The third-order valence-electron chi connectivity index (χ3n) is 8.84. The number of hydrogen-bond acceptors (Lipinski definition) is 10. The number of Topliss-reactive ketones (excluding diaryl/α,β-unsaturated/α-hetero) is 1. The molecule has 2 aliphatic rings. The van der Waals surface area contributed by atoms with E-state index in [1.165, 1.54) is 12.5 Å². The zero-order valence-electron chi connectivity index (χ0n) is 28.8. The second kappa shape index (κ2) is 13.1. The zero-order chi connectivity index (χ0) is 36.0. The molecule has 50 heavy (non-hydrogen) atoms. The van der Waals surface area contributed by atoms with E-state index in [4.69, 9.17) is 19.2 Å². The highest BCUT2D eigenvalue weighted by atomic mass is 16.6. The van der Waals surface area contributed by atoms with Crippen LogP contribution in [0.3, 0.4) is 0 Å². The van der Waals surface area contributed by atoms with Crippen LogP contribution in [-0.4, -0.2) is 67.6 Å². The quantitative estimate of drug-likeness (QED) is 0.194. The molecule has 5 heterocycles. The Bertz CT molecular complexity index is 2050. The lowest BCUT2D eigenvalue weighted by Gasteiger charge is -2.37. The molecule has 0 spiro atoms. The summed E-state index contributed by atoms with van der Waals surface area (Å²) in [6.07, 6.45) is 2.15. The first-order valence-electron chi connectivity index (χ1n) is 16.5. The third kappa shape index (κ3) is 6.44. The topological polar surface area (TPSA) is 184 Å². The first-order chi connectivity index (χ1) is 23.7. The van der Waals surface area contributed by atoms with Gasteiger partial charge in [-0.3, -0.25) is 19.0 Å². The molecule has 2 amide bonds. The fourth-order valence-corrected chi connectivity index (χ4v) is 6.33. The summed E-state index contributed by atoms with van der Waals surface area (Å²) in [6.45, 7) is 9.97. The maximum atomic E-state index is 14.1. The fraction of sp³-hybridized carbons (Fsp3) is 0.417. The van der Waals surface area contributed by atoms with Crippen LogP contribution in [0.5, 0.6) is 5.75 Å². The molecule has 6 rings (SSSR count). The number of para-hydroxylation sites is 1. The SMILES string of the molecule is CC[C@@]1(OC(=O)[C@H](NC(=O)[C@H](Cc2cnc[nH]2)NC(=O)OC(C)(C)C)C(C)C)C(=O)COc2c1cc1n(c2=O)Cc2cc3ccccc3nc2-1. The van der Waals surface area contributed by atoms with Crippen molar-refractivity contribution in [2.24, 2.45) is 5.92 Å². The predicted molar refractivity (Wildman–Crippen MR) is 181 cm³/mol. The number of fused-ring (bicyclic) bond motifs is 5. The fourth-order valence-electron chi connectivity index (χ4n) is 6.33. The van der Waals surface area contributed by atoms with Gasteiger partial charge in [-0.2, -0.15) is 0 Å². The molecular weight excluding hydrogens is 644 g/mol. The van der Waals surface area contributed by atoms with E-state index in [2.05, 4.69) is 20.6 Å². The Kier molecular flexibility index (Phi) is 8.97. The van der Waals surface area contributed by atoms with Crippen LogP contribution in [-0.2, 0) is 42.4 Å². The summed E-state index contributed by atoms with van der Waals surface area (Å²) in [4.78, 5) is 79.8. The van der Waals surface area contributed by atoms with Gasteiger partial charge >= 0.3 is 12.1 Å². The summed E-state index contributed by atoms with van der Waals surface area (Å²) < 4.78 is 18.7. The number of aromatic amines is 1. The minimum atomic E-state index is -1.87. The van der Waals surface area contributed by atoms with Crippen molar-refractivity contribution in [3.63, 3.8) is 0 Å². The van der Waals surface area contributed by atoms with Gasteiger partial charge in [-0.25, -0.2) is 19.6 Å². The second-order valence-corrected chi connectivity index (χ2v) is 13.9. The number of aromatic nitrogens is 4. The van der Waals surface area contributed by atoms with Crippen molar-refractivity contribution >= 4 is 34.7 Å². The average Bonchev–Trinajstić information content (AvgIpc) is 3.70. The normalized spacial score (nSPS) is 17.6. The predicted octanol–water partition coefficient (Wildman–Crippen LogP) is 3.54. The van der Waals surface area contributed by atoms with E-state index in [1.807, 2.05) is 30.3 Å². The largest absolute Gasteiger partial charge is 0.479 e. The van der Waals surface area contributed by atoms with Crippen LogP contribution in [0.4, 0.5) is 4.79 Å². The van der Waals surface area contributed by atoms with Crippen molar-refractivity contribution in [1.29, 1.82) is 0 Å². The Morgan fingerprint density at radius 3 is 2.56 bits per heavy atom. The van der Waals surface area contributed by atoms with Gasteiger partial charge in [0.05, 0.1) is 35.3 Å². The van der Waals surface area contributed by atoms with E-state index in [1.54, 1.807) is 52.2 Å². The van der Waals surface area contributed by atoms with Crippen molar-refractivity contribution in [1.82, 2.24) is 30.2 Å². The summed E-state index contributed by atoms with van der Waals surface area (Å²) in [5, 5.41) is 6.22. The molecule has 1 aromatic carbocycles. The van der Waals surface area contributed by atoms with Crippen LogP contribution in [0.25, 0.3) is 22.3 Å². The van der Waals surface area contributed by atoms with Crippen LogP contribution < -0.4 is 20.9 Å². The lowest BCUT2D eigenvalue weighted by atomic mass is 9.84. The van der Waals surface area contributed by atoms with Crippen LogP contribution in [0, 0.1) is 5.92 Å². The Hall–Kier alpha value is -5.53. The number of rotatable bonds is 9. The number of amides is 2. The van der Waals surface area contributed by atoms with E-state index in [0.717, 1.165) is 16.5 Å². The van der Waals surface area contributed by atoms with Gasteiger partial charge in [0.25, 0.3) is 5.56 Å². The smallest absolute Gasteiger partial charge is 0.408 e. The average molecular weight is 685 g/mol. The molecule has 14 heteroatoms. The first-order valence-corrected chi connectivity index (χ1v) is 16.5. The Morgan fingerprint density at radius 2 is 1.88 bits per heavy atom. The molecule has 4 aromatic rings. The second-order valence-electron chi connectivity index (χ2n) is 13.9. The van der Waals surface area contributed by atoms with Gasteiger partial charge in [0, 0.05) is 29.3 Å². The number of esters is 1. The number of imidazole rings is 1. The molecule has 0 saturated carbocycles. The van der Waals surface area contributed by atoms with Gasteiger partial charge in [-0.05, 0) is 51.3 Å². The molecule has 0 saturated heterocycles. The molecule has 3 N–H and O–H groups in total. The number of benzene rings is 1. The highest BCUT2D eigenvalue weighted by molar-refractivity contribution is 5.96. The molecule has 2 aliphatic heterocycles. The van der Waals surface area contributed by atoms with E-state index < -0.39 is 65.1 Å². The molecule has 0 fully saturated rings. The van der Waals surface area contributed by atoms with Crippen LogP contribution in [0.15, 0.2) is 53.7 Å². The van der Waals surface area contributed by atoms with Crippen molar-refractivity contribution in [2.75, 3.05) is 6.61 Å². The lowest BCUT2D eigenvalue weighted by Crippen LogP contribution is -2.56. The minimum Gasteiger partial charge on any atom is -0.479 e. The summed E-state index contributed by atoms with van der Waals surface area (Å²) in [5.41, 5.74) is 0.165. The number of pyridine rings is 2. The maximum Gasteiger partial charge on any atom is 0.408 e. The molecule has 0 unspecified atom stereocenters. The minimum absolute atomic E-state index is 0.00373. The van der Waals surface area contributed by atoms with Crippen molar-refractivity contribution in [2.45, 2.75) is 84.2 Å². The summed E-state index contributed by atoms with van der Waals surface area (Å²) in [6, 6.07) is 8.85. The standard InChI is InChI=1S/C36H40N6O8/c1-7-36(49-33(46)28(19(2)3)41-31(44)25(13-22-15-37-18-38-22)40-34(47)50-35(4,5)6)23-14-26-29-21(12-20-10-8-9-11-24(20)39-29)16-42(26)32(45)30(23)48-17-27(36)43/h8-12,14-15,18-19,25,28H,7,13,16-17H2,1-6H3,(H,37,38)(H,40,47)(H,41,44)/t25-,28+,36-/m0/s1. The summed E-state index contributed by atoms with van der Waals surface area (Å²) in [7, 11) is 0. The van der Waals surface area contributed by atoms with Gasteiger partial charge in [0.15, 0.2) is 12.4 Å². The molecule has 3 aromatic heterocycles. The molecule has 0 radical (unpaired) electrons. The number of H-pyrrole nitrogens is 1. The van der Waals surface area contributed by atoms with Crippen LogP contribution in [0.1, 0.15) is 64.8 Å². The molecule has 262 valence electrons. The lowest BCUT2D eigenvalue weighted by molar-refractivity contribution is -0.176. The zero-order valence-corrected chi connectivity index (χ0v) is 28.8. The van der Waals surface area contributed by atoms with Crippen LogP contribution in [0.2, 0.25) is 0 Å². The highest BCUT2D eigenvalue weighted by Crippen LogP contribution is 2.43. The first kappa shape index (κ1) is 34.3. The molecule has 14 nitrogen and oxygen atoms in total. The number of nitrogens with one attached hydrogen (secondary N) is 3. The Labute approximate surface area is 287 Å². The number of hydrogen-bond donors (Lipinski definition) is 3. The Morgan fingerprint density at radius 1 is 1.12 bits per heavy atom. The maximum absolute atomic E-state index is 14.1. The van der Waals surface area contributed by atoms with Gasteiger partial charge < -0.3 is 29.8 Å². The number of alkyl carbamates (subject to hydrolysis) is 1. The van der Waals surface area contributed by atoms with Crippen molar-refractivity contribution in [3.8, 4) is 17.1 Å². The molecule has 0 aliphatic carbocycles. The molecule has 3 atom stereocenters. The number of carbonyl (C=O) groups excluding carboxylic acids is 4.